The van der Waals surface area contributed by atoms with Crippen LogP contribution in [-0.2, 0) is 10.0 Å². The number of nitrogens with one attached hydrogen (secondary N) is 1. The molecule has 4 nitrogen and oxygen atoms in total. The number of sulfonamides is 1. The van der Waals surface area contributed by atoms with Gasteiger partial charge in [-0.3, -0.25) is 0 Å². The van der Waals surface area contributed by atoms with Gasteiger partial charge in [0.2, 0.25) is 10.0 Å². The van der Waals surface area contributed by atoms with Crippen LogP contribution in [0.1, 0.15) is 6.42 Å². The highest BCUT2D eigenvalue weighted by atomic mass is 35.5. The standard InChI is InChI=1S/C8H14F2N2O2S.ClH/c9-7(10)3-12-5-8(1-2-11-4-8)6-15(12,13)14;/h7,11H,1-6H2;1H. The second-order valence-electron chi connectivity index (χ2n) is 4.37. The number of hydrogen-bond donors (Lipinski definition) is 1. The number of rotatable bonds is 2. The Hall–Kier alpha value is 0.0200. The number of nitrogens with zero attached hydrogens (tertiary/aromatic N) is 1. The molecule has 0 saturated carbocycles. The highest BCUT2D eigenvalue weighted by molar-refractivity contribution is 7.89. The number of halogens is 3. The van der Waals surface area contributed by atoms with Crippen molar-refractivity contribution in [1.82, 2.24) is 9.62 Å². The maximum Gasteiger partial charge on any atom is 0.252 e. The van der Waals surface area contributed by atoms with Crippen molar-refractivity contribution >= 4 is 22.4 Å². The summed E-state index contributed by atoms with van der Waals surface area (Å²) in [7, 11) is -3.46. The van der Waals surface area contributed by atoms with E-state index in [1.165, 1.54) is 0 Å². The molecule has 2 aliphatic rings. The molecular formula is C8H15ClF2N2O2S. The summed E-state index contributed by atoms with van der Waals surface area (Å²) in [5.41, 5.74) is -0.326. The third kappa shape index (κ3) is 2.64. The minimum atomic E-state index is -3.46. The summed E-state index contributed by atoms with van der Waals surface area (Å²) in [6.45, 7) is 0.973. The smallest absolute Gasteiger partial charge is 0.252 e. The summed E-state index contributed by atoms with van der Waals surface area (Å²) >= 11 is 0. The molecule has 1 atom stereocenters. The van der Waals surface area contributed by atoms with E-state index in [0.717, 1.165) is 17.3 Å². The molecule has 1 unspecified atom stereocenters. The molecule has 2 fully saturated rings. The molecule has 0 aromatic rings. The zero-order valence-electron chi connectivity index (χ0n) is 8.66. The van der Waals surface area contributed by atoms with Crippen molar-refractivity contribution in [2.75, 3.05) is 31.9 Å². The van der Waals surface area contributed by atoms with E-state index in [4.69, 9.17) is 0 Å². The Kier molecular flexibility index (Phi) is 4.15. The normalized spacial score (nSPS) is 33.4. The maximum atomic E-state index is 12.2. The van der Waals surface area contributed by atoms with Crippen molar-refractivity contribution < 1.29 is 17.2 Å². The van der Waals surface area contributed by atoms with Crippen LogP contribution in [0.2, 0.25) is 0 Å². The maximum absolute atomic E-state index is 12.2. The van der Waals surface area contributed by atoms with E-state index in [9.17, 15) is 17.2 Å². The average Bonchev–Trinajstić information content (AvgIpc) is 2.58. The molecule has 8 heteroatoms. The number of alkyl halides is 2. The number of hydrogen-bond acceptors (Lipinski definition) is 3. The summed E-state index contributed by atoms with van der Waals surface area (Å²) in [6.07, 6.45) is -1.84. The first-order valence-corrected chi connectivity index (χ1v) is 6.51. The zero-order valence-corrected chi connectivity index (χ0v) is 10.3. The fourth-order valence-electron chi connectivity index (χ4n) is 2.38. The van der Waals surface area contributed by atoms with Gasteiger partial charge in [0.05, 0.1) is 12.3 Å². The van der Waals surface area contributed by atoms with Gasteiger partial charge in [-0.05, 0) is 13.0 Å². The highest BCUT2D eigenvalue weighted by Gasteiger charge is 2.49. The lowest BCUT2D eigenvalue weighted by atomic mass is 9.90. The summed E-state index contributed by atoms with van der Waals surface area (Å²) < 4.78 is 48.5. The topological polar surface area (TPSA) is 49.4 Å². The van der Waals surface area contributed by atoms with E-state index in [1.54, 1.807) is 0 Å². The molecule has 0 bridgehead atoms. The van der Waals surface area contributed by atoms with Gasteiger partial charge >= 0.3 is 0 Å². The summed E-state index contributed by atoms with van der Waals surface area (Å²) in [6, 6.07) is 0. The van der Waals surface area contributed by atoms with Gasteiger partial charge in [0.15, 0.2) is 0 Å². The van der Waals surface area contributed by atoms with Gasteiger partial charge < -0.3 is 5.32 Å². The van der Waals surface area contributed by atoms with Crippen LogP contribution >= 0.6 is 12.4 Å². The molecule has 0 amide bonds. The van der Waals surface area contributed by atoms with Crippen molar-refractivity contribution in [3.05, 3.63) is 0 Å². The first kappa shape index (κ1) is 14.1. The highest BCUT2D eigenvalue weighted by Crippen LogP contribution is 2.36. The van der Waals surface area contributed by atoms with Crippen molar-refractivity contribution in [1.29, 1.82) is 0 Å². The van der Waals surface area contributed by atoms with E-state index >= 15 is 0 Å². The van der Waals surface area contributed by atoms with Gasteiger partial charge in [-0.1, -0.05) is 0 Å². The second-order valence-corrected chi connectivity index (χ2v) is 6.34. The van der Waals surface area contributed by atoms with Crippen molar-refractivity contribution in [2.24, 2.45) is 5.41 Å². The predicted octanol–water partition coefficient (Wildman–Crippen LogP) is 0.298. The second kappa shape index (κ2) is 4.72. The lowest BCUT2D eigenvalue weighted by molar-refractivity contribution is 0.115. The molecule has 2 saturated heterocycles. The Morgan fingerprint density at radius 3 is 2.62 bits per heavy atom. The molecular weight excluding hydrogens is 262 g/mol. The lowest BCUT2D eigenvalue weighted by Gasteiger charge is -2.19. The molecule has 96 valence electrons. The molecule has 2 aliphatic heterocycles. The molecule has 0 aliphatic carbocycles. The Labute approximate surface area is 99.8 Å². The quantitative estimate of drug-likeness (QED) is 0.789. The zero-order chi connectivity index (χ0) is 11.1. The third-order valence-electron chi connectivity index (χ3n) is 3.07. The summed E-state index contributed by atoms with van der Waals surface area (Å²) in [5, 5.41) is 3.09. The Bertz CT molecular complexity index is 344. The van der Waals surface area contributed by atoms with Crippen LogP contribution in [0.25, 0.3) is 0 Å². The molecule has 0 aromatic heterocycles. The van der Waals surface area contributed by atoms with E-state index in [0.29, 0.717) is 6.54 Å². The van der Waals surface area contributed by atoms with Crippen LogP contribution in [0.4, 0.5) is 8.78 Å². The van der Waals surface area contributed by atoms with Crippen LogP contribution in [0.5, 0.6) is 0 Å². The van der Waals surface area contributed by atoms with Gasteiger partial charge in [0, 0.05) is 18.5 Å². The van der Waals surface area contributed by atoms with Crippen molar-refractivity contribution in [3.63, 3.8) is 0 Å². The van der Waals surface area contributed by atoms with Gasteiger partial charge in [-0.15, -0.1) is 12.4 Å². The lowest BCUT2D eigenvalue weighted by Crippen LogP contribution is -2.33. The van der Waals surface area contributed by atoms with Gasteiger partial charge in [-0.2, -0.15) is 4.31 Å². The van der Waals surface area contributed by atoms with Gasteiger partial charge in [0.25, 0.3) is 6.43 Å². The largest absolute Gasteiger partial charge is 0.316 e. The van der Waals surface area contributed by atoms with E-state index in [-0.39, 0.29) is 30.1 Å². The first-order chi connectivity index (χ1) is 6.94. The Morgan fingerprint density at radius 2 is 2.12 bits per heavy atom. The SMILES string of the molecule is Cl.O=S1(=O)CC2(CCNC2)CN1CC(F)F. The monoisotopic (exact) mass is 276 g/mol. The van der Waals surface area contributed by atoms with Gasteiger partial charge in [0.1, 0.15) is 0 Å². The van der Waals surface area contributed by atoms with Crippen LogP contribution in [0, 0.1) is 5.41 Å². The molecule has 16 heavy (non-hydrogen) atoms. The molecule has 2 heterocycles. The van der Waals surface area contributed by atoms with E-state index in [1.807, 2.05) is 0 Å². The molecule has 0 radical (unpaired) electrons. The fraction of sp³-hybridized carbons (Fsp3) is 1.00. The molecule has 1 spiro atoms. The van der Waals surface area contributed by atoms with Gasteiger partial charge in [-0.25, -0.2) is 17.2 Å². The Morgan fingerprint density at radius 1 is 1.44 bits per heavy atom. The van der Waals surface area contributed by atoms with Crippen molar-refractivity contribution in [3.8, 4) is 0 Å². The van der Waals surface area contributed by atoms with E-state index in [2.05, 4.69) is 5.32 Å². The molecule has 2 rings (SSSR count). The average molecular weight is 277 g/mol. The minimum Gasteiger partial charge on any atom is -0.316 e. The fourth-order valence-corrected chi connectivity index (χ4v) is 4.49. The summed E-state index contributed by atoms with van der Waals surface area (Å²) in [4.78, 5) is 0. The van der Waals surface area contributed by atoms with Crippen LogP contribution in [0.15, 0.2) is 0 Å². The van der Waals surface area contributed by atoms with Crippen LogP contribution in [-0.4, -0.2) is 51.1 Å². The third-order valence-corrected chi connectivity index (χ3v) is 5.11. The first-order valence-electron chi connectivity index (χ1n) is 4.90. The minimum absolute atomic E-state index is 0. The Balaban J connectivity index is 0.00000128. The van der Waals surface area contributed by atoms with E-state index < -0.39 is 23.0 Å². The van der Waals surface area contributed by atoms with Crippen LogP contribution < -0.4 is 5.32 Å². The summed E-state index contributed by atoms with van der Waals surface area (Å²) in [5.74, 6) is 0.0136. The van der Waals surface area contributed by atoms with Crippen LogP contribution in [0.3, 0.4) is 0 Å². The van der Waals surface area contributed by atoms with Crippen molar-refractivity contribution in [2.45, 2.75) is 12.8 Å². The molecule has 1 N–H and O–H groups in total. The molecule has 0 aromatic carbocycles. The predicted molar refractivity (Wildman–Crippen MR) is 58.5 cm³/mol.